The minimum absolute atomic E-state index is 0.309. The Morgan fingerprint density at radius 2 is 2.00 bits per heavy atom. The van der Waals surface area contributed by atoms with E-state index >= 15 is 0 Å². The number of hydrogen-bond acceptors (Lipinski definition) is 3. The molecule has 1 saturated carbocycles. The quantitative estimate of drug-likeness (QED) is 0.527. The summed E-state index contributed by atoms with van der Waals surface area (Å²) < 4.78 is 5.09. The first kappa shape index (κ1) is 11.5. The summed E-state index contributed by atoms with van der Waals surface area (Å²) in [6.07, 6.45) is 2.12. The Kier molecular flexibility index (Phi) is 3.93. The molecule has 0 heterocycles. The van der Waals surface area contributed by atoms with Gasteiger partial charge in [0.05, 0.1) is 5.92 Å². The van der Waals surface area contributed by atoms with Crippen LogP contribution < -0.4 is 0 Å². The van der Waals surface area contributed by atoms with E-state index in [-0.39, 0.29) is 23.2 Å². The van der Waals surface area contributed by atoms with Crippen LogP contribution in [0.3, 0.4) is 0 Å². The topological polar surface area (TPSA) is 43.4 Å². The fourth-order valence-corrected chi connectivity index (χ4v) is 2.18. The van der Waals surface area contributed by atoms with Crippen LogP contribution in [-0.2, 0) is 14.3 Å². The Hall–Kier alpha value is -0.570. The van der Waals surface area contributed by atoms with Crippen LogP contribution in [0.4, 0.5) is 0 Å². The average Bonchev–Trinajstić information content (AvgIpc) is 2.01. The molecule has 0 spiro atoms. The summed E-state index contributed by atoms with van der Waals surface area (Å²) in [6.45, 7) is 3.44. The molecule has 2 unspecified atom stereocenters. The van der Waals surface area contributed by atoms with Crippen LogP contribution >= 0.6 is 11.6 Å². The molecule has 0 N–H and O–H groups in total. The van der Waals surface area contributed by atoms with Gasteiger partial charge in [-0.05, 0) is 36.8 Å². The standard InChI is InChI=1S/C10H15ClO3/c1-6-3-4-8(10(11)13)9(5-6)14-7(2)12/h6,8-9H,3-5H2,1-2H3/t6-,8?,9?/m0/s1. The first-order valence-electron chi connectivity index (χ1n) is 4.87. The lowest BCUT2D eigenvalue weighted by Gasteiger charge is -2.31. The molecule has 3 atom stereocenters. The van der Waals surface area contributed by atoms with E-state index < -0.39 is 0 Å². The Morgan fingerprint density at radius 1 is 1.36 bits per heavy atom. The molecule has 1 fully saturated rings. The van der Waals surface area contributed by atoms with Gasteiger partial charge < -0.3 is 4.74 Å². The first-order chi connectivity index (χ1) is 6.50. The molecule has 14 heavy (non-hydrogen) atoms. The van der Waals surface area contributed by atoms with Gasteiger partial charge in [0.2, 0.25) is 5.24 Å². The minimum atomic E-state index is -0.386. The van der Waals surface area contributed by atoms with Gasteiger partial charge in [-0.3, -0.25) is 9.59 Å². The van der Waals surface area contributed by atoms with Crippen molar-refractivity contribution in [1.82, 2.24) is 0 Å². The smallest absolute Gasteiger partial charge is 0.302 e. The molecule has 0 radical (unpaired) electrons. The molecule has 1 rings (SSSR count). The zero-order chi connectivity index (χ0) is 10.7. The van der Waals surface area contributed by atoms with E-state index in [0.717, 1.165) is 19.3 Å². The summed E-state index contributed by atoms with van der Waals surface area (Å²) in [5, 5.41) is -0.386. The number of carbonyl (C=O) groups excluding carboxylic acids is 2. The van der Waals surface area contributed by atoms with Crippen molar-refractivity contribution < 1.29 is 14.3 Å². The van der Waals surface area contributed by atoms with Gasteiger partial charge in [-0.2, -0.15) is 0 Å². The van der Waals surface area contributed by atoms with Crippen molar-refractivity contribution in [3.05, 3.63) is 0 Å². The summed E-state index contributed by atoms with van der Waals surface area (Å²) >= 11 is 5.45. The van der Waals surface area contributed by atoms with E-state index in [2.05, 4.69) is 6.92 Å². The average molecular weight is 219 g/mol. The maximum absolute atomic E-state index is 11.1. The molecule has 0 aliphatic heterocycles. The monoisotopic (exact) mass is 218 g/mol. The van der Waals surface area contributed by atoms with Crippen molar-refractivity contribution in [3.63, 3.8) is 0 Å². The van der Waals surface area contributed by atoms with Gasteiger partial charge >= 0.3 is 5.97 Å². The van der Waals surface area contributed by atoms with E-state index in [0.29, 0.717) is 5.92 Å². The summed E-state index contributed by atoms with van der Waals surface area (Å²) in [5.74, 6) is -0.157. The zero-order valence-electron chi connectivity index (χ0n) is 8.46. The van der Waals surface area contributed by atoms with E-state index in [1.54, 1.807) is 0 Å². The van der Waals surface area contributed by atoms with Crippen molar-refractivity contribution in [1.29, 1.82) is 0 Å². The molecule has 3 nitrogen and oxygen atoms in total. The van der Waals surface area contributed by atoms with Gasteiger partial charge in [-0.25, -0.2) is 0 Å². The number of halogens is 1. The predicted octanol–water partition coefficient (Wildman–Crippen LogP) is 2.12. The van der Waals surface area contributed by atoms with Crippen molar-refractivity contribution in [2.24, 2.45) is 11.8 Å². The number of ether oxygens (including phenoxy) is 1. The molecular formula is C10H15ClO3. The number of hydrogen-bond donors (Lipinski definition) is 0. The summed E-state index contributed by atoms with van der Waals surface area (Å²) in [5.41, 5.74) is 0. The molecule has 0 aromatic heterocycles. The van der Waals surface area contributed by atoms with Gasteiger partial charge in [-0.1, -0.05) is 6.92 Å². The number of esters is 1. The third kappa shape index (κ3) is 2.98. The zero-order valence-corrected chi connectivity index (χ0v) is 9.21. The first-order valence-corrected chi connectivity index (χ1v) is 5.25. The molecule has 0 saturated heterocycles. The molecule has 80 valence electrons. The Labute approximate surface area is 88.8 Å². The van der Waals surface area contributed by atoms with Gasteiger partial charge in [0.15, 0.2) is 0 Å². The van der Waals surface area contributed by atoms with Gasteiger partial charge in [0.25, 0.3) is 0 Å². The Morgan fingerprint density at radius 3 is 2.50 bits per heavy atom. The Bertz CT molecular complexity index is 240. The van der Waals surface area contributed by atoms with Crippen LogP contribution in [0.15, 0.2) is 0 Å². The van der Waals surface area contributed by atoms with E-state index in [1.807, 2.05) is 0 Å². The molecule has 0 amide bonds. The maximum atomic E-state index is 11.1. The highest BCUT2D eigenvalue weighted by atomic mass is 35.5. The summed E-state index contributed by atoms with van der Waals surface area (Å²) in [4.78, 5) is 21.9. The van der Waals surface area contributed by atoms with E-state index in [9.17, 15) is 9.59 Å². The third-order valence-corrected chi connectivity index (χ3v) is 2.94. The highest BCUT2D eigenvalue weighted by Crippen LogP contribution is 2.32. The summed E-state index contributed by atoms with van der Waals surface area (Å²) in [7, 11) is 0. The minimum Gasteiger partial charge on any atom is -0.462 e. The molecular weight excluding hydrogens is 204 g/mol. The number of rotatable bonds is 2. The number of carbonyl (C=O) groups is 2. The molecule has 1 aliphatic rings. The molecule has 0 aromatic carbocycles. The molecule has 0 bridgehead atoms. The van der Waals surface area contributed by atoms with Crippen LogP contribution in [0.1, 0.15) is 33.1 Å². The van der Waals surface area contributed by atoms with Gasteiger partial charge in [0.1, 0.15) is 6.10 Å². The van der Waals surface area contributed by atoms with Gasteiger partial charge in [0, 0.05) is 6.92 Å². The van der Waals surface area contributed by atoms with Crippen LogP contribution in [0.2, 0.25) is 0 Å². The fourth-order valence-electron chi connectivity index (χ4n) is 1.93. The molecule has 1 aliphatic carbocycles. The van der Waals surface area contributed by atoms with E-state index in [4.69, 9.17) is 16.3 Å². The van der Waals surface area contributed by atoms with Crippen molar-refractivity contribution >= 4 is 22.8 Å². The molecule has 0 aromatic rings. The SMILES string of the molecule is CC(=O)OC1C[C@@H](C)CCC1C(=O)Cl. The lowest BCUT2D eigenvalue weighted by molar-refractivity contribution is -0.153. The lowest BCUT2D eigenvalue weighted by Crippen LogP contribution is -2.35. The lowest BCUT2D eigenvalue weighted by atomic mass is 9.81. The second kappa shape index (κ2) is 4.78. The second-order valence-electron chi connectivity index (χ2n) is 3.98. The van der Waals surface area contributed by atoms with Crippen LogP contribution in [-0.4, -0.2) is 17.3 Å². The van der Waals surface area contributed by atoms with E-state index in [1.165, 1.54) is 6.92 Å². The highest BCUT2D eigenvalue weighted by molar-refractivity contribution is 6.64. The maximum Gasteiger partial charge on any atom is 0.302 e. The van der Waals surface area contributed by atoms with Crippen LogP contribution in [0, 0.1) is 11.8 Å². The third-order valence-electron chi connectivity index (χ3n) is 2.66. The largest absolute Gasteiger partial charge is 0.462 e. The highest BCUT2D eigenvalue weighted by Gasteiger charge is 2.34. The second-order valence-corrected chi connectivity index (χ2v) is 4.35. The fraction of sp³-hybridized carbons (Fsp3) is 0.800. The van der Waals surface area contributed by atoms with Crippen molar-refractivity contribution in [2.45, 2.75) is 39.2 Å². The normalized spacial score (nSPS) is 32.4. The predicted molar refractivity (Wildman–Crippen MR) is 52.9 cm³/mol. The van der Waals surface area contributed by atoms with Crippen LogP contribution in [0.5, 0.6) is 0 Å². The summed E-state index contributed by atoms with van der Waals surface area (Å²) in [6, 6.07) is 0. The molecule has 4 heteroatoms. The van der Waals surface area contributed by atoms with Gasteiger partial charge in [-0.15, -0.1) is 0 Å². The van der Waals surface area contributed by atoms with Crippen LogP contribution in [0.25, 0.3) is 0 Å². The van der Waals surface area contributed by atoms with Crippen molar-refractivity contribution in [2.75, 3.05) is 0 Å². The van der Waals surface area contributed by atoms with Crippen molar-refractivity contribution in [3.8, 4) is 0 Å². The Balaban J connectivity index is 2.63.